The Balaban J connectivity index is 1.19. The molecule has 8 rings (SSSR count). The van der Waals surface area contributed by atoms with Gasteiger partial charge in [0.15, 0.2) is 15.2 Å². The summed E-state index contributed by atoms with van der Waals surface area (Å²) in [4.78, 5) is 19.4. The van der Waals surface area contributed by atoms with Crippen LogP contribution in [0.4, 0.5) is 56.0 Å². The molecule has 64 heavy (non-hydrogen) atoms. The van der Waals surface area contributed by atoms with Gasteiger partial charge in [-0.1, -0.05) is 42.1 Å². The van der Waals surface area contributed by atoms with Gasteiger partial charge in [0.25, 0.3) is 0 Å². The maximum absolute atomic E-state index is 5.48. The van der Waals surface area contributed by atoms with E-state index < -0.39 is 0 Å². The fourth-order valence-corrected chi connectivity index (χ4v) is 9.06. The lowest BCUT2D eigenvalue weighted by Crippen LogP contribution is -2.21. The third-order valence-corrected chi connectivity index (χ3v) is 12.8. The number of rotatable bonds is 19. The Labute approximate surface area is 384 Å². The van der Waals surface area contributed by atoms with Crippen LogP contribution in [0.3, 0.4) is 0 Å². The second kappa shape index (κ2) is 20.6. The number of azo groups is 2. The molecule has 0 bridgehead atoms. The second-order valence-corrected chi connectivity index (χ2v) is 16.6. The number of aromatic nitrogens is 5. The molecule has 0 aliphatic rings. The molecule has 0 saturated heterocycles. The summed E-state index contributed by atoms with van der Waals surface area (Å²) in [5, 5.41) is 29.5. The molecule has 0 saturated carbocycles. The summed E-state index contributed by atoms with van der Waals surface area (Å²) in [6, 6.07) is 33.8. The van der Waals surface area contributed by atoms with E-state index in [2.05, 4.69) is 79.2 Å². The van der Waals surface area contributed by atoms with Gasteiger partial charge in [-0.3, -0.25) is 0 Å². The fourth-order valence-electron chi connectivity index (χ4n) is 6.90. The van der Waals surface area contributed by atoms with E-state index in [9.17, 15) is 0 Å². The average Bonchev–Trinajstić information content (AvgIpc) is 3.94. The predicted molar refractivity (Wildman–Crippen MR) is 263 cm³/mol. The summed E-state index contributed by atoms with van der Waals surface area (Å²) in [6.45, 7) is 11.8. The lowest BCUT2D eigenvalue weighted by atomic mass is 10.2. The van der Waals surface area contributed by atoms with Crippen LogP contribution in [0.25, 0.3) is 21.8 Å². The van der Waals surface area contributed by atoms with Crippen LogP contribution < -0.4 is 29.9 Å². The highest BCUT2D eigenvalue weighted by molar-refractivity contribution is 7.98. The van der Waals surface area contributed by atoms with Crippen LogP contribution in [0.1, 0.15) is 33.3 Å². The van der Waals surface area contributed by atoms with E-state index in [-0.39, 0.29) is 0 Å². The van der Waals surface area contributed by atoms with Gasteiger partial charge in [-0.25, -0.2) is 0 Å². The quantitative estimate of drug-likeness (QED) is 0.0584. The van der Waals surface area contributed by atoms with Gasteiger partial charge in [-0.15, -0.1) is 20.5 Å². The summed E-state index contributed by atoms with van der Waals surface area (Å²) >= 11 is 4.08. The Morgan fingerprint density at radius 1 is 0.562 bits per heavy atom. The summed E-state index contributed by atoms with van der Waals surface area (Å²) < 4.78 is 20.1. The SMILES string of the molecule is CCN(CC)c1ccc(N=Nc2snc3ccc(OC)cc23)c(Nc2nc(Nc3cc(N(CC)CC)ccc3N=Nc3snc4ccc(OC)cc34)nc(SCc3ccccc3)n2)c1. The van der Waals surface area contributed by atoms with Crippen molar-refractivity contribution in [2.75, 3.05) is 60.8 Å². The van der Waals surface area contributed by atoms with Crippen LogP contribution >= 0.6 is 34.8 Å². The molecule has 0 unspecified atom stereocenters. The van der Waals surface area contributed by atoms with Crippen molar-refractivity contribution in [3.8, 4) is 11.5 Å². The molecule has 3 heterocycles. The molecule has 2 N–H and O–H groups in total. The second-order valence-electron chi connectivity index (χ2n) is 14.2. The third kappa shape index (κ3) is 10.2. The zero-order valence-corrected chi connectivity index (χ0v) is 38.8. The number of fused-ring (bicyclic) bond motifs is 2. The van der Waals surface area contributed by atoms with Crippen LogP contribution in [0.5, 0.6) is 11.5 Å². The number of benzene rings is 5. The number of hydrogen-bond acceptors (Lipinski definition) is 18. The van der Waals surface area contributed by atoms with Crippen molar-refractivity contribution in [3.05, 3.63) is 109 Å². The first kappa shape index (κ1) is 43.9. The Bertz CT molecular complexity index is 2740. The zero-order chi connectivity index (χ0) is 44.4. The van der Waals surface area contributed by atoms with Crippen molar-refractivity contribution in [2.24, 2.45) is 20.5 Å². The minimum atomic E-state index is 0.322. The van der Waals surface area contributed by atoms with Crippen molar-refractivity contribution in [1.82, 2.24) is 23.7 Å². The molecule has 0 aliphatic carbocycles. The van der Waals surface area contributed by atoms with Gasteiger partial charge in [0, 0.05) is 54.1 Å². The number of thioether (sulfide) groups is 1. The van der Waals surface area contributed by atoms with Crippen molar-refractivity contribution in [2.45, 2.75) is 38.6 Å². The van der Waals surface area contributed by atoms with Crippen LogP contribution in [-0.4, -0.2) is 64.1 Å². The number of nitrogens with one attached hydrogen (secondary N) is 2. The Morgan fingerprint density at radius 2 is 1.05 bits per heavy atom. The highest BCUT2D eigenvalue weighted by Gasteiger charge is 2.17. The van der Waals surface area contributed by atoms with Gasteiger partial charge in [0.2, 0.25) is 11.9 Å². The predicted octanol–water partition coefficient (Wildman–Crippen LogP) is 13.4. The van der Waals surface area contributed by atoms with Crippen LogP contribution in [-0.2, 0) is 5.75 Å². The van der Waals surface area contributed by atoms with Gasteiger partial charge >= 0.3 is 0 Å². The number of nitrogens with zero attached hydrogens (tertiary/aromatic N) is 11. The third-order valence-electron chi connectivity index (χ3n) is 10.4. The number of anilines is 6. The Hall–Kier alpha value is -6.76. The van der Waals surface area contributed by atoms with Crippen LogP contribution in [0.15, 0.2) is 129 Å². The van der Waals surface area contributed by atoms with E-state index in [1.54, 1.807) is 14.2 Å². The van der Waals surface area contributed by atoms with E-state index in [1.165, 1.54) is 34.8 Å². The van der Waals surface area contributed by atoms with Crippen LogP contribution in [0, 0.1) is 0 Å². The smallest absolute Gasteiger partial charge is 0.233 e. The molecular formula is C46H47N13O2S3. The van der Waals surface area contributed by atoms with E-state index in [0.717, 1.165) is 76.4 Å². The Kier molecular flexibility index (Phi) is 14.1. The maximum atomic E-state index is 5.48. The molecule has 18 heteroatoms. The number of ether oxygens (including phenoxy) is 2. The van der Waals surface area contributed by atoms with Gasteiger partial charge in [0.05, 0.1) is 36.6 Å². The highest BCUT2D eigenvalue weighted by atomic mass is 32.2. The van der Waals surface area contributed by atoms with Crippen molar-refractivity contribution in [1.29, 1.82) is 0 Å². The average molecular weight is 910 g/mol. The number of methoxy groups -OCH3 is 2. The maximum Gasteiger partial charge on any atom is 0.233 e. The first-order chi connectivity index (χ1) is 31.4. The van der Waals surface area contributed by atoms with E-state index >= 15 is 0 Å². The molecular weight excluding hydrogens is 863 g/mol. The normalized spacial score (nSPS) is 11.5. The largest absolute Gasteiger partial charge is 0.497 e. The topological polar surface area (TPSA) is 163 Å². The zero-order valence-electron chi connectivity index (χ0n) is 36.3. The molecule has 5 aromatic carbocycles. The molecule has 0 fully saturated rings. The minimum Gasteiger partial charge on any atom is -0.497 e. The molecule has 0 amide bonds. The van der Waals surface area contributed by atoms with Gasteiger partial charge in [0.1, 0.15) is 22.9 Å². The molecule has 0 aliphatic heterocycles. The lowest BCUT2D eigenvalue weighted by molar-refractivity contribution is 0.415. The van der Waals surface area contributed by atoms with Crippen LogP contribution in [0.2, 0.25) is 0 Å². The van der Waals surface area contributed by atoms with Crippen molar-refractivity contribution in [3.63, 3.8) is 0 Å². The lowest BCUT2D eigenvalue weighted by Gasteiger charge is -2.22. The molecule has 8 aromatic rings. The first-order valence-electron chi connectivity index (χ1n) is 20.8. The molecule has 0 atom stereocenters. The summed E-state index contributed by atoms with van der Waals surface area (Å²) in [6.07, 6.45) is 0. The van der Waals surface area contributed by atoms with Gasteiger partial charge in [-0.2, -0.15) is 23.7 Å². The molecule has 0 radical (unpaired) electrons. The number of hydrogen-bond donors (Lipinski definition) is 2. The summed E-state index contributed by atoms with van der Waals surface area (Å²) in [5.74, 6) is 2.74. The van der Waals surface area contributed by atoms with Gasteiger partial charge < -0.3 is 29.9 Å². The molecule has 0 spiro atoms. The minimum absolute atomic E-state index is 0.322. The monoisotopic (exact) mass is 909 g/mol. The van der Waals surface area contributed by atoms with Crippen molar-refractivity contribution < 1.29 is 9.47 Å². The van der Waals surface area contributed by atoms with E-state index in [0.29, 0.717) is 55.6 Å². The van der Waals surface area contributed by atoms with Crippen molar-refractivity contribution >= 4 is 113 Å². The summed E-state index contributed by atoms with van der Waals surface area (Å²) in [7, 11) is 3.28. The molecule has 15 nitrogen and oxygen atoms in total. The molecule has 3 aromatic heterocycles. The van der Waals surface area contributed by atoms with E-state index in [1.807, 2.05) is 91.0 Å². The molecule has 326 valence electrons. The van der Waals surface area contributed by atoms with E-state index in [4.69, 9.17) is 34.7 Å². The summed E-state index contributed by atoms with van der Waals surface area (Å²) in [5.41, 5.74) is 7.35. The highest BCUT2D eigenvalue weighted by Crippen LogP contribution is 2.40. The Morgan fingerprint density at radius 3 is 1.50 bits per heavy atom. The standard InChI is InChI=1S/C46H47N13O2S3/c1-7-58(8-2)30-16-20-38(52-54-42-34-26-32(60-5)18-22-36(34)56-63-42)40(24-30)47-44-49-45(51-46(50-44)62-28-29-14-12-11-13-15-29)48-41-25-31(59(9-3)10-4)17-21-39(41)53-55-43-35-27-33(61-6)19-23-37(35)57-64-43/h11-27H,7-10,28H2,1-6H3,(H2,47,48,49,50,51). The first-order valence-corrected chi connectivity index (χ1v) is 23.4. The van der Waals surface area contributed by atoms with Gasteiger partial charge in [-0.05, 0) is 129 Å². The fraction of sp³-hybridized carbons (Fsp3) is 0.239.